The lowest BCUT2D eigenvalue weighted by Gasteiger charge is -2.09. The first kappa shape index (κ1) is 13.4. The van der Waals surface area contributed by atoms with Gasteiger partial charge in [-0.2, -0.15) is 0 Å². The van der Waals surface area contributed by atoms with E-state index in [9.17, 15) is 18.4 Å². The highest BCUT2D eigenvalue weighted by Gasteiger charge is 2.17. The smallest absolute Gasteiger partial charge is 0.251 e. The molecule has 0 aromatic heterocycles. The second kappa shape index (κ2) is 5.09. The molecule has 3 N–H and O–H groups in total. The molecular formula is C10H9ClF2N2O2. The van der Waals surface area contributed by atoms with Gasteiger partial charge in [0.2, 0.25) is 5.91 Å². The Bertz CT molecular complexity index is 478. The van der Waals surface area contributed by atoms with Crippen LogP contribution in [0.5, 0.6) is 0 Å². The SMILES string of the molecule is CC(Cl)C(=O)Nc1cc(C(N)=O)c(F)cc1F. The molecule has 0 saturated carbocycles. The minimum atomic E-state index is -1.09. The van der Waals surface area contributed by atoms with Gasteiger partial charge in [0.1, 0.15) is 17.0 Å². The number of benzene rings is 1. The summed E-state index contributed by atoms with van der Waals surface area (Å²) in [5.41, 5.74) is 4.02. The van der Waals surface area contributed by atoms with Gasteiger partial charge in [0.15, 0.2) is 0 Å². The molecule has 1 aromatic carbocycles. The topological polar surface area (TPSA) is 72.2 Å². The fraction of sp³-hybridized carbons (Fsp3) is 0.200. The Balaban J connectivity index is 3.12. The van der Waals surface area contributed by atoms with E-state index in [1.807, 2.05) is 0 Å². The highest BCUT2D eigenvalue weighted by Crippen LogP contribution is 2.19. The second-order valence-electron chi connectivity index (χ2n) is 3.28. The van der Waals surface area contributed by atoms with E-state index >= 15 is 0 Å². The first-order chi connectivity index (χ1) is 7.82. The van der Waals surface area contributed by atoms with E-state index in [1.54, 1.807) is 0 Å². The third kappa shape index (κ3) is 3.13. The Morgan fingerprint density at radius 1 is 1.35 bits per heavy atom. The van der Waals surface area contributed by atoms with Crippen LogP contribution >= 0.6 is 11.6 Å². The molecule has 0 aliphatic rings. The van der Waals surface area contributed by atoms with Crippen LogP contribution in [-0.2, 0) is 4.79 Å². The summed E-state index contributed by atoms with van der Waals surface area (Å²) in [5, 5.41) is 1.22. The lowest BCUT2D eigenvalue weighted by Crippen LogP contribution is -2.22. The fourth-order valence-corrected chi connectivity index (χ4v) is 1.12. The number of halogens is 3. The average Bonchev–Trinajstić information content (AvgIpc) is 2.21. The van der Waals surface area contributed by atoms with Crippen molar-refractivity contribution in [3.8, 4) is 0 Å². The summed E-state index contributed by atoms with van der Waals surface area (Å²) in [6.07, 6.45) is 0. The molecule has 0 bridgehead atoms. The largest absolute Gasteiger partial charge is 0.366 e. The van der Waals surface area contributed by atoms with Crippen LogP contribution in [0.15, 0.2) is 12.1 Å². The van der Waals surface area contributed by atoms with Crippen molar-refractivity contribution in [2.75, 3.05) is 5.32 Å². The molecule has 0 radical (unpaired) electrons. The van der Waals surface area contributed by atoms with Gasteiger partial charge < -0.3 is 11.1 Å². The van der Waals surface area contributed by atoms with E-state index in [1.165, 1.54) is 6.92 Å². The normalized spacial score (nSPS) is 12.0. The van der Waals surface area contributed by atoms with Crippen LogP contribution in [0.3, 0.4) is 0 Å². The van der Waals surface area contributed by atoms with Gasteiger partial charge in [-0.25, -0.2) is 8.78 Å². The van der Waals surface area contributed by atoms with Crippen LogP contribution in [0.25, 0.3) is 0 Å². The number of primary amides is 1. The Labute approximate surface area is 101 Å². The number of rotatable bonds is 3. The van der Waals surface area contributed by atoms with Gasteiger partial charge in [-0.1, -0.05) is 0 Å². The summed E-state index contributed by atoms with van der Waals surface area (Å²) in [4.78, 5) is 22.0. The molecule has 2 amide bonds. The summed E-state index contributed by atoms with van der Waals surface area (Å²) in [7, 11) is 0. The zero-order chi connectivity index (χ0) is 13.2. The number of anilines is 1. The molecule has 1 unspecified atom stereocenters. The van der Waals surface area contributed by atoms with Crippen LogP contribution in [0.2, 0.25) is 0 Å². The fourth-order valence-electron chi connectivity index (χ4n) is 1.07. The molecule has 92 valence electrons. The molecule has 7 heteroatoms. The highest BCUT2D eigenvalue weighted by atomic mass is 35.5. The van der Waals surface area contributed by atoms with E-state index in [0.29, 0.717) is 6.07 Å². The van der Waals surface area contributed by atoms with Crippen molar-refractivity contribution in [3.63, 3.8) is 0 Å². The lowest BCUT2D eigenvalue weighted by molar-refractivity contribution is -0.115. The van der Waals surface area contributed by atoms with Crippen molar-refractivity contribution >= 4 is 29.1 Å². The zero-order valence-electron chi connectivity index (χ0n) is 8.76. The van der Waals surface area contributed by atoms with Crippen molar-refractivity contribution in [1.29, 1.82) is 0 Å². The molecule has 4 nitrogen and oxygen atoms in total. The van der Waals surface area contributed by atoms with Crippen molar-refractivity contribution in [2.45, 2.75) is 12.3 Å². The molecule has 0 aliphatic heterocycles. The number of nitrogens with one attached hydrogen (secondary N) is 1. The third-order valence-electron chi connectivity index (χ3n) is 1.94. The van der Waals surface area contributed by atoms with Gasteiger partial charge in [0.05, 0.1) is 11.3 Å². The minimum Gasteiger partial charge on any atom is -0.366 e. The molecular weight excluding hydrogens is 254 g/mol. The van der Waals surface area contributed by atoms with Crippen LogP contribution in [0, 0.1) is 11.6 Å². The maximum atomic E-state index is 13.3. The second-order valence-corrected chi connectivity index (χ2v) is 3.94. The Morgan fingerprint density at radius 3 is 2.41 bits per heavy atom. The van der Waals surface area contributed by atoms with E-state index in [-0.39, 0.29) is 5.69 Å². The zero-order valence-corrected chi connectivity index (χ0v) is 9.52. The van der Waals surface area contributed by atoms with Gasteiger partial charge >= 0.3 is 0 Å². The molecule has 0 fully saturated rings. The molecule has 1 rings (SSSR count). The molecule has 17 heavy (non-hydrogen) atoms. The number of hydrogen-bond acceptors (Lipinski definition) is 2. The Kier molecular flexibility index (Phi) is 4.01. The predicted molar refractivity (Wildman–Crippen MR) is 58.8 cm³/mol. The quantitative estimate of drug-likeness (QED) is 0.813. The van der Waals surface area contributed by atoms with Gasteiger partial charge in [0, 0.05) is 6.07 Å². The third-order valence-corrected chi connectivity index (χ3v) is 2.14. The van der Waals surface area contributed by atoms with Crippen molar-refractivity contribution in [3.05, 3.63) is 29.3 Å². The van der Waals surface area contributed by atoms with Crippen molar-refractivity contribution in [2.24, 2.45) is 5.73 Å². The van der Waals surface area contributed by atoms with Crippen LogP contribution in [-0.4, -0.2) is 17.2 Å². The first-order valence-electron chi connectivity index (χ1n) is 4.56. The maximum Gasteiger partial charge on any atom is 0.251 e. The number of carbonyl (C=O) groups is 2. The number of alkyl halides is 1. The monoisotopic (exact) mass is 262 g/mol. The van der Waals surface area contributed by atoms with Crippen LogP contribution in [0.4, 0.5) is 14.5 Å². The van der Waals surface area contributed by atoms with E-state index in [2.05, 4.69) is 5.32 Å². The average molecular weight is 263 g/mol. The Hall–Kier alpha value is -1.69. The highest BCUT2D eigenvalue weighted by molar-refractivity contribution is 6.32. The summed E-state index contributed by atoms with van der Waals surface area (Å²) >= 11 is 5.46. The molecule has 0 saturated heterocycles. The number of amides is 2. The van der Waals surface area contributed by atoms with Gasteiger partial charge in [-0.3, -0.25) is 9.59 Å². The van der Waals surface area contributed by atoms with Crippen LogP contribution in [0.1, 0.15) is 17.3 Å². The molecule has 1 atom stereocenters. The molecule has 1 aromatic rings. The van der Waals surface area contributed by atoms with E-state index in [0.717, 1.165) is 6.07 Å². The molecule has 0 aliphatic carbocycles. The van der Waals surface area contributed by atoms with Gasteiger partial charge in [-0.15, -0.1) is 11.6 Å². The number of carbonyl (C=O) groups excluding carboxylic acids is 2. The van der Waals surface area contributed by atoms with Crippen LogP contribution < -0.4 is 11.1 Å². The summed E-state index contributed by atoms with van der Waals surface area (Å²) in [6, 6.07) is 1.29. The Morgan fingerprint density at radius 2 is 1.94 bits per heavy atom. The first-order valence-corrected chi connectivity index (χ1v) is 5.00. The lowest BCUT2D eigenvalue weighted by atomic mass is 10.1. The van der Waals surface area contributed by atoms with E-state index < -0.39 is 34.4 Å². The summed E-state index contributed by atoms with van der Waals surface area (Å²) in [6.45, 7) is 1.38. The summed E-state index contributed by atoms with van der Waals surface area (Å²) < 4.78 is 26.4. The molecule has 0 heterocycles. The van der Waals surface area contributed by atoms with Gasteiger partial charge in [0.25, 0.3) is 5.91 Å². The van der Waals surface area contributed by atoms with Gasteiger partial charge in [-0.05, 0) is 13.0 Å². The standard InChI is InChI=1S/C10H9ClF2N2O2/c1-4(11)10(17)15-8-2-5(9(14)16)6(12)3-7(8)13/h2-4H,1H3,(H2,14,16)(H,15,17). The minimum absolute atomic E-state index is 0.349. The molecule has 0 spiro atoms. The van der Waals surface area contributed by atoms with Crippen molar-refractivity contribution < 1.29 is 18.4 Å². The van der Waals surface area contributed by atoms with Crippen molar-refractivity contribution in [1.82, 2.24) is 0 Å². The summed E-state index contributed by atoms with van der Waals surface area (Å²) in [5.74, 6) is -3.84. The maximum absolute atomic E-state index is 13.3. The van der Waals surface area contributed by atoms with E-state index in [4.69, 9.17) is 17.3 Å². The number of nitrogens with two attached hydrogens (primary N) is 1. The predicted octanol–water partition coefficient (Wildman–Crippen LogP) is 1.63. The number of hydrogen-bond donors (Lipinski definition) is 2.